The fourth-order valence-electron chi connectivity index (χ4n) is 2.51. The lowest BCUT2D eigenvalue weighted by Gasteiger charge is -2.17. The molecule has 3 N–H and O–H groups in total. The van der Waals surface area contributed by atoms with Gasteiger partial charge in [-0.15, -0.1) is 0 Å². The number of aromatic hydroxyl groups is 1. The molecule has 0 fully saturated rings. The van der Waals surface area contributed by atoms with Crippen molar-refractivity contribution in [1.82, 2.24) is 5.32 Å². The Labute approximate surface area is 139 Å². The van der Waals surface area contributed by atoms with Gasteiger partial charge in [0.1, 0.15) is 11.5 Å². The van der Waals surface area contributed by atoms with Gasteiger partial charge >= 0.3 is 5.63 Å². The monoisotopic (exact) mass is 331 g/mol. The van der Waals surface area contributed by atoms with Gasteiger partial charge in [0.15, 0.2) is 5.78 Å². The number of ketones is 1. The van der Waals surface area contributed by atoms with Gasteiger partial charge in [-0.25, -0.2) is 4.79 Å². The molecule has 1 heterocycles. The fraction of sp³-hybridized carbons (Fsp3) is 0.333. The lowest BCUT2D eigenvalue weighted by atomic mass is 9.91. The number of hydrogen-bond donors (Lipinski definition) is 3. The summed E-state index contributed by atoms with van der Waals surface area (Å²) < 4.78 is 5.01. The van der Waals surface area contributed by atoms with Crippen LogP contribution in [0.3, 0.4) is 0 Å². The molecule has 0 radical (unpaired) electrons. The minimum atomic E-state index is -0.638. The second-order valence-electron chi connectivity index (χ2n) is 5.57. The van der Waals surface area contributed by atoms with E-state index in [0.717, 1.165) is 0 Å². The molecule has 1 aromatic heterocycles. The highest BCUT2D eigenvalue weighted by molar-refractivity contribution is 5.98. The summed E-state index contributed by atoms with van der Waals surface area (Å²) in [6, 6.07) is 10.1. The Morgan fingerprint density at radius 1 is 1.29 bits per heavy atom. The number of hydrogen-bond acceptors (Lipinski definition) is 6. The highest BCUT2D eigenvalue weighted by Gasteiger charge is 2.23. The highest BCUT2D eigenvalue weighted by Crippen LogP contribution is 2.20. The molecule has 0 amide bonds. The summed E-state index contributed by atoms with van der Waals surface area (Å²) in [5, 5.41) is 21.9. The van der Waals surface area contributed by atoms with E-state index in [1.807, 2.05) is 6.07 Å². The number of aryl methyl sites for hydroxylation is 1. The zero-order valence-electron chi connectivity index (χ0n) is 13.5. The van der Waals surface area contributed by atoms with Crippen LogP contribution in [0.15, 0.2) is 45.6 Å². The van der Waals surface area contributed by atoms with Crippen LogP contribution >= 0.6 is 0 Å². The Morgan fingerprint density at radius 3 is 2.62 bits per heavy atom. The molecule has 6 heteroatoms. The molecule has 0 saturated heterocycles. The second kappa shape index (κ2) is 8.42. The largest absolute Gasteiger partial charge is 0.507 e. The van der Waals surface area contributed by atoms with E-state index in [9.17, 15) is 14.7 Å². The minimum absolute atomic E-state index is 0.0514. The van der Waals surface area contributed by atoms with E-state index in [-0.39, 0.29) is 36.7 Å². The summed E-state index contributed by atoms with van der Waals surface area (Å²) in [5.74, 6) is -0.557. The molecule has 0 spiro atoms. The van der Waals surface area contributed by atoms with Crippen LogP contribution in [-0.4, -0.2) is 35.7 Å². The smallest absolute Gasteiger partial charge is 0.342 e. The summed E-state index contributed by atoms with van der Waals surface area (Å²) in [6.07, 6.45) is 0.0562. The predicted octanol–water partition coefficient (Wildman–Crippen LogP) is 1.28. The van der Waals surface area contributed by atoms with E-state index in [2.05, 4.69) is 5.32 Å². The topological polar surface area (TPSA) is 99.8 Å². The van der Waals surface area contributed by atoms with Gasteiger partial charge in [0.05, 0.1) is 12.2 Å². The molecule has 0 bridgehead atoms. The first kappa shape index (κ1) is 17.9. The van der Waals surface area contributed by atoms with Crippen LogP contribution in [0.25, 0.3) is 0 Å². The Hall–Kier alpha value is -2.44. The molecule has 1 aromatic carbocycles. The number of nitrogens with one attached hydrogen (secondary N) is 1. The van der Waals surface area contributed by atoms with Crippen molar-refractivity contribution >= 4 is 5.78 Å². The Bertz CT molecular complexity index is 739. The van der Waals surface area contributed by atoms with E-state index >= 15 is 0 Å². The standard InChI is InChI=1S/C18H21NO5/c1-12-9-16(21)15(18(23)24-12)10-14(11-19-7-8-20)17(22)13-5-3-2-4-6-13/h2-6,9,14,19-21H,7-8,10-11H2,1H3. The van der Waals surface area contributed by atoms with Gasteiger partial charge < -0.3 is 19.9 Å². The summed E-state index contributed by atoms with van der Waals surface area (Å²) in [6.45, 7) is 2.14. The van der Waals surface area contributed by atoms with Gasteiger partial charge in [0.25, 0.3) is 0 Å². The number of carbonyl (C=O) groups excluding carboxylic acids is 1. The summed E-state index contributed by atoms with van der Waals surface area (Å²) in [5.41, 5.74) is -0.0227. The van der Waals surface area contributed by atoms with E-state index < -0.39 is 11.5 Å². The van der Waals surface area contributed by atoms with Crippen LogP contribution in [0.2, 0.25) is 0 Å². The van der Waals surface area contributed by atoms with Crippen molar-refractivity contribution < 1.29 is 19.4 Å². The van der Waals surface area contributed by atoms with Crippen molar-refractivity contribution in [3.63, 3.8) is 0 Å². The highest BCUT2D eigenvalue weighted by atomic mass is 16.4. The van der Waals surface area contributed by atoms with Crippen LogP contribution in [-0.2, 0) is 6.42 Å². The molecule has 6 nitrogen and oxygen atoms in total. The van der Waals surface area contributed by atoms with E-state index in [1.165, 1.54) is 6.07 Å². The number of rotatable bonds is 8. The van der Waals surface area contributed by atoms with Crippen molar-refractivity contribution in [3.8, 4) is 5.75 Å². The third-order valence-electron chi connectivity index (χ3n) is 3.71. The minimum Gasteiger partial charge on any atom is -0.507 e. The van der Waals surface area contributed by atoms with E-state index in [1.54, 1.807) is 31.2 Å². The molecule has 2 aromatic rings. The first-order valence-electron chi connectivity index (χ1n) is 7.76. The van der Waals surface area contributed by atoms with Crippen LogP contribution < -0.4 is 10.9 Å². The molecule has 128 valence electrons. The van der Waals surface area contributed by atoms with Crippen LogP contribution in [0.4, 0.5) is 0 Å². The van der Waals surface area contributed by atoms with Gasteiger partial charge in [-0.1, -0.05) is 30.3 Å². The summed E-state index contributed by atoms with van der Waals surface area (Å²) in [7, 11) is 0. The van der Waals surface area contributed by atoms with E-state index in [4.69, 9.17) is 9.52 Å². The average Bonchev–Trinajstić information content (AvgIpc) is 2.56. The molecule has 0 saturated carbocycles. The molecule has 0 aliphatic rings. The molecule has 2 rings (SSSR count). The van der Waals surface area contributed by atoms with Crippen molar-refractivity contribution in [3.05, 3.63) is 63.7 Å². The van der Waals surface area contributed by atoms with Gasteiger partial charge in [-0.3, -0.25) is 4.79 Å². The van der Waals surface area contributed by atoms with Crippen molar-refractivity contribution in [2.24, 2.45) is 5.92 Å². The lowest BCUT2D eigenvalue weighted by molar-refractivity contribution is 0.0916. The Kier molecular flexibility index (Phi) is 6.28. The summed E-state index contributed by atoms with van der Waals surface area (Å²) >= 11 is 0. The Morgan fingerprint density at radius 2 is 2.00 bits per heavy atom. The molecule has 24 heavy (non-hydrogen) atoms. The number of Topliss-reactive ketones (excluding diaryl/α,β-unsaturated/α-hetero) is 1. The fourth-order valence-corrected chi connectivity index (χ4v) is 2.51. The van der Waals surface area contributed by atoms with Gasteiger partial charge in [-0.2, -0.15) is 0 Å². The maximum atomic E-state index is 12.7. The van der Waals surface area contributed by atoms with Crippen LogP contribution in [0.5, 0.6) is 5.75 Å². The molecular formula is C18H21NO5. The molecule has 1 unspecified atom stereocenters. The van der Waals surface area contributed by atoms with Crippen LogP contribution in [0.1, 0.15) is 21.7 Å². The number of aliphatic hydroxyl groups is 1. The third-order valence-corrected chi connectivity index (χ3v) is 3.71. The average molecular weight is 331 g/mol. The van der Waals surface area contributed by atoms with Crippen molar-refractivity contribution in [2.45, 2.75) is 13.3 Å². The zero-order chi connectivity index (χ0) is 17.5. The van der Waals surface area contributed by atoms with Gasteiger partial charge in [-0.05, 0) is 13.3 Å². The molecule has 1 atom stereocenters. The van der Waals surface area contributed by atoms with Crippen LogP contribution in [0, 0.1) is 12.8 Å². The first-order valence-corrected chi connectivity index (χ1v) is 7.76. The second-order valence-corrected chi connectivity index (χ2v) is 5.57. The first-order chi connectivity index (χ1) is 11.5. The normalized spacial score (nSPS) is 12.1. The zero-order valence-corrected chi connectivity index (χ0v) is 13.5. The third kappa shape index (κ3) is 4.53. The predicted molar refractivity (Wildman–Crippen MR) is 89.3 cm³/mol. The molecule has 0 aliphatic heterocycles. The van der Waals surface area contributed by atoms with Gasteiger partial charge in [0.2, 0.25) is 0 Å². The quantitative estimate of drug-likeness (QED) is 0.498. The lowest BCUT2D eigenvalue weighted by Crippen LogP contribution is -2.33. The number of benzene rings is 1. The maximum absolute atomic E-state index is 12.7. The van der Waals surface area contributed by atoms with Crippen molar-refractivity contribution in [2.75, 3.05) is 19.7 Å². The number of carbonyl (C=O) groups is 1. The maximum Gasteiger partial charge on any atom is 0.342 e. The van der Waals surface area contributed by atoms with Gasteiger partial charge in [0, 0.05) is 30.6 Å². The Balaban J connectivity index is 2.27. The number of aliphatic hydroxyl groups excluding tert-OH is 1. The molecule has 0 aliphatic carbocycles. The SMILES string of the molecule is Cc1cc(O)c(CC(CNCCO)C(=O)c2ccccc2)c(=O)o1. The van der Waals surface area contributed by atoms with E-state index in [0.29, 0.717) is 17.9 Å². The molecular weight excluding hydrogens is 310 g/mol. The summed E-state index contributed by atoms with van der Waals surface area (Å²) in [4.78, 5) is 24.7. The van der Waals surface area contributed by atoms with Crippen molar-refractivity contribution in [1.29, 1.82) is 0 Å².